The van der Waals surface area contributed by atoms with Gasteiger partial charge in [-0.25, -0.2) is 9.37 Å². The number of nitrogens with zero attached hydrogens (tertiary/aromatic N) is 1. The Bertz CT molecular complexity index is 927. The van der Waals surface area contributed by atoms with E-state index in [1.807, 2.05) is 13.0 Å². The molecule has 0 fully saturated rings. The third kappa shape index (κ3) is 3.83. The quantitative estimate of drug-likeness (QED) is 0.686. The SMILES string of the molecule is CCOc1ccccc1C(=O)Nc1nc(-c2ccc(OC)c(F)c2)cs1. The highest BCUT2D eigenvalue weighted by molar-refractivity contribution is 7.14. The van der Waals surface area contributed by atoms with Crippen molar-refractivity contribution in [3.05, 3.63) is 59.2 Å². The van der Waals surface area contributed by atoms with Gasteiger partial charge in [0.05, 0.1) is 25.0 Å². The normalized spacial score (nSPS) is 10.4. The monoisotopic (exact) mass is 372 g/mol. The first-order valence-electron chi connectivity index (χ1n) is 7.95. The first kappa shape index (κ1) is 17.9. The Balaban J connectivity index is 1.78. The average molecular weight is 372 g/mol. The first-order valence-corrected chi connectivity index (χ1v) is 8.83. The number of aromatic nitrogens is 1. The van der Waals surface area contributed by atoms with Gasteiger partial charge in [0.2, 0.25) is 0 Å². The van der Waals surface area contributed by atoms with Crippen molar-refractivity contribution in [2.24, 2.45) is 0 Å². The zero-order valence-corrected chi connectivity index (χ0v) is 15.1. The molecule has 3 aromatic rings. The number of hydrogen-bond acceptors (Lipinski definition) is 5. The van der Waals surface area contributed by atoms with Crippen LogP contribution in [0.25, 0.3) is 11.3 Å². The van der Waals surface area contributed by atoms with Crippen LogP contribution in [0, 0.1) is 5.82 Å². The number of rotatable bonds is 6. The molecular weight excluding hydrogens is 355 g/mol. The lowest BCUT2D eigenvalue weighted by atomic mass is 10.1. The Labute approximate surface area is 154 Å². The molecule has 0 saturated heterocycles. The predicted molar refractivity (Wildman–Crippen MR) is 99.6 cm³/mol. The van der Waals surface area contributed by atoms with Gasteiger partial charge in [-0.2, -0.15) is 0 Å². The van der Waals surface area contributed by atoms with Gasteiger partial charge in [-0.3, -0.25) is 10.1 Å². The van der Waals surface area contributed by atoms with E-state index >= 15 is 0 Å². The van der Waals surface area contributed by atoms with Crippen LogP contribution in [0.2, 0.25) is 0 Å². The number of thiazole rings is 1. The van der Waals surface area contributed by atoms with Crippen molar-refractivity contribution in [1.82, 2.24) is 4.98 Å². The Kier molecular flexibility index (Phi) is 5.48. The summed E-state index contributed by atoms with van der Waals surface area (Å²) in [7, 11) is 1.41. The maximum Gasteiger partial charge on any atom is 0.261 e. The molecule has 5 nitrogen and oxygen atoms in total. The number of halogens is 1. The van der Waals surface area contributed by atoms with Crippen LogP contribution in [-0.2, 0) is 0 Å². The number of hydrogen-bond donors (Lipinski definition) is 1. The molecule has 0 saturated carbocycles. The minimum atomic E-state index is -0.464. The van der Waals surface area contributed by atoms with E-state index in [2.05, 4.69) is 10.3 Å². The molecule has 26 heavy (non-hydrogen) atoms. The van der Waals surface area contributed by atoms with Crippen molar-refractivity contribution in [2.45, 2.75) is 6.92 Å². The first-order chi connectivity index (χ1) is 12.6. The fourth-order valence-corrected chi connectivity index (χ4v) is 3.10. The van der Waals surface area contributed by atoms with Gasteiger partial charge in [0.1, 0.15) is 5.75 Å². The molecule has 0 radical (unpaired) electrons. The molecule has 1 aromatic heterocycles. The second kappa shape index (κ2) is 7.97. The van der Waals surface area contributed by atoms with E-state index in [1.54, 1.807) is 35.7 Å². The van der Waals surface area contributed by atoms with Gasteiger partial charge in [0.25, 0.3) is 5.91 Å². The van der Waals surface area contributed by atoms with Crippen LogP contribution < -0.4 is 14.8 Å². The van der Waals surface area contributed by atoms with Crippen LogP contribution in [0.5, 0.6) is 11.5 Å². The van der Waals surface area contributed by atoms with Crippen LogP contribution in [0.4, 0.5) is 9.52 Å². The highest BCUT2D eigenvalue weighted by Gasteiger charge is 2.15. The second-order valence-corrected chi connectivity index (χ2v) is 6.13. The zero-order chi connectivity index (χ0) is 18.5. The van der Waals surface area contributed by atoms with E-state index in [1.165, 1.54) is 24.5 Å². The minimum absolute atomic E-state index is 0.171. The highest BCUT2D eigenvalue weighted by Crippen LogP contribution is 2.29. The Morgan fingerprint density at radius 2 is 2.04 bits per heavy atom. The lowest BCUT2D eigenvalue weighted by Crippen LogP contribution is -2.13. The maximum atomic E-state index is 13.9. The fraction of sp³-hybridized carbons (Fsp3) is 0.158. The van der Waals surface area contributed by atoms with E-state index in [-0.39, 0.29) is 11.7 Å². The summed E-state index contributed by atoms with van der Waals surface area (Å²) in [6, 6.07) is 11.6. The summed E-state index contributed by atoms with van der Waals surface area (Å²) in [6.45, 7) is 2.32. The van der Waals surface area contributed by atoms with Gasteiger partial charge in [-0.15, -0.1) is 11.3 Å². The molecular formula is C19H17FN2O3S. The Morgan fingerprint density at radius 1 is 1.23 bits per heavy atom. The molecule has 1 N–H and O–H groups in total. The number of methoxy groups -OCH3 is 1. The van der Waals surface area contributed by atoms with E-state index in [0.717, 1.165) is 0 Å². The van der Waals surface area contributed by atoms with Crippen LogP contribution >= 0.6 is 11.3 Å². The van der Waals surface area contributed by atoms with Crippen molar-refractivity contribution >= 4 is 22.4 Å². The molecule has 3 rings (SSSR count). The molecule has 0 aliphatic rings. The fourth-order valence-electron chi connectivity index (χ4n) is 2.39. The molecule has 1 amide bonds. The number of carbonyl (C=O) groups excluding carboxylic acids is 1. The molecule has 7 heteroatoms. The van der Waals surface area contributed by atoms with Gasteiger partial charge in [-0.05, 0) is 37.3 Å². The van der Waals surface area contributed by atoms with Crippen LogP contribution in [-0.4, -0.2) is 24.6 Å². The molecule has 1 heterocycles. The average Bonchev–Trinajstić information content (AvgIpc) is 3.11. The van der Waals surface area contributed by atoms with Crippen molar-refractivity contribution < 1.29 is 18.7 Å². The summed E-state index contributed by atoms with van der Waals surface area (Å²) >= 11 is 1.26. The molecule has 0 atom stereocenters. The highest BCUT2D eigenvalue weighted by atomic mass is 32.1. The smallest absolute Gasteiger partial charge is 0.261 e. The van der Waals surface area contributed by atoms with Gasteiger partial charge >= 0.3 is 0 Å². The summed E-state index contributed by atoms with van der Waals surface area (Å²) in [6.07, 6.45) is 0. The molecule has 134 valence electrons. The van der Waals surface area contributed by atoms with Gasteiger partial charge in [0, 0.05) is 10.9 Å². The Hall–Kier alpha value is -2.93. The van der Waals surface area contributed by atoms with Crippen LogP contribution in [0.15, 0.2) is 47.8 Å². The Morgan fingerprint density at radius 3 is 2.77 bits per heavy atom. The summed E-state index contributed by atoms with van der Waals surface area (Å²) in [4.78, 5) is 16.8. The number of ether oxygens (including phenoxy) is 2. The lowest BCUT2D eigenvalue weighted by molar-refractivity contribution is 0.102. The van der Waals surface area contributed by atoms with Crippen molar-refractivity contribution in [2.75, 3.05) is 19.0 Å². The zero-order valence-electron chi connectivity index (χ0n) is 14.3. The van der Waals surface area contributed by atoms with Crippen LogP contribution in [0.3, 0.4) is 0 Å². The van der Waals surface area contributed by atoms with E-state index in [0.29, 0.717) is 34.3 Å². The summed E-state index contributed by atoms with van der Waals surface area (Å²) in [5.74, 6) is -0.0865. The molecule has 0 spiro atoms. The van der Waals surface area contributed by atoms with E-state index < -0.39 is 5.82 Å². The maximum absolute atomic E-state index is 13.9. The van der Waals surface area contributed by atoms with E-state index in [9.17, 15) is 9.18 Å². The number of benzene rings is 2. The number of carbonyl (C=O) groups is 1. The second-order valence-electron chi connectivity index (χ2n) is 5.27. The van der Waals surface area contributed by atoms with Crippen LogP contribution in [0.1, 0.15) is 17.3 Å². The number of nitrogens with one attached hydrogen (secondary N) is 1. The van der Waals surface area contributed by atoms with Crippen molar-refractivity contribution in [3.8, 4) is 22.8 Å². The third-order valence-corrected chi connectivity index (χ3v) is 4.36. The molecule has 2 aromatic carbocycles. The minimum Gasteiger partial charge on any atom is -0.494 e. The topological polar surface area (TPSA) is 60.5 Å². The largest absolute Gasteiger partial charge is 0.494 e. The number of amides is 1. The molecule has 0 bridgehead atoms. The summed E-state index contributed by atoms with van der Waals surface area (Å²) in [5.41, 5.74) is 1.61. The van der Waals surface area contributed by atoms with Crippen molar-refractivity contribution in [3.63, 3.8) is 0 Å². The molecule has 0 aliphatic carbocycles. The van der Waals surface area contributed by atoms with Crippen molar-refractivity contribution in [1.29, 1.82) is 0 Å². The predicted octanol–water partition coefficient (Wildman–Crippen LogP) is 4.61. The molecule has 0 unspecified atom stereocenters. The lowest BCUT2D eigenvalue weighted by Gasteiger charge is -2.09. The summed E-state index contributed by atoms with van der Waals surface area (Å²) in [5, 5.41) is 4.93. The number of para-hydroxylation sites is 1. The van der Waals surface area contributed by atoms with Gasteiger partial charge < -0.3 is 9.47 Å². The number of anilines is 1. The van der Waals surface area contributed by atoms with E-state index in [4.69, 9.17) is 9.47 Å². The third-order valence-electron chi connectivity index (χ3n) is 3.60. The van der Waals surface area contributed by atoms with Gasteiger partial charge in [0.15, 0.2) is 16.7 Å². The standard InChI is InChI=1S/C19H17FN2O3S/c1-3-25-16-7-5-4-6-13(16)18(23)22-19-21-15(11-26-19)12-8-9-17(24-2)14(20)10-12/h4-11H,3H2,1-2H3,(H,21,22,23). The molecule has 0 aliphatic heterocycles. The summed E-state index contributed by atoms with van der Waals surface area (Å²) < 4.78 is 24.2. The van der Waals surface area contributed by atoms with Gasteiger partial charge in [-0.1, -0.05) is 12.1 Å².